The third-order valence-corrected chi connectivity index (χ3v) is 6.32. The maximum absolute atomic E-state index is 13.5. The fourth-order valence-electron chi connectivity index (χ4n) is 4.88. The van der Waals surface area contributed by atoms with Crippen LogP contribution in [0.25, 0.3) is 0 Å². The standard InChI is InChI=1S/C22H25N3O5/c1-13-19(22(28)24-10-3-2-4-11-24)20(21-15(23-13)6-5-7-18(21)27)14-8-9-17(26)16(12-14)25(29)30/h8-9,12,19-20,26H,2-7,10-11H2,1H3/t19?,20-/m1/s1. The van der Waals surface area contributed by atoms with Crippen LogP contribution in [0.1, 0.15) is 56.9 Å². The average molecular weight is 411 g/mol. The zero-order valence-electron chi connectivity index (χ0n) is 17.0. The predicted octanol–water partition coefficient (Wildman–Crippen LogP) is 3.49. The molecule has 8 nitrogen and oxygen atoms in total. The molecule has 1 unspecified atom stereocenters. The van der Waals surface area contributed by atoms with Crippen LogP contribution < -0.4 is 0 Å². The molecule has 4 rings (SSSR count). The summed E-state index contributed by atoms with van der Waals surface area (Å²) in [5.41, 5.74) is 1.89. The summed E-state index contributed by atoms with van der Waals surface area (Å²) >= 11 is 0. The Kier molecular flexibility index (Phi) is 5.40. The molecule has 8 heteroatoms. The van der Waals surface area contributed by atoms with Gasteiger partial charge in [-0.05, 0) is 50.7 Å². The molecule has 3 aliphatic rings. The van der Waals surface area contributed by atoms with E-state index in [-0.39, 0.29) is 11.7 Å². The Bertz CT molecular complexity index is 975. The summed E-state index contributed by atoms with van der Waals surface area (Å²) in [6.07, 6.45) is 4.71. The molecule has 1 aliphatic carbocycles. The highest BCUT2D eigenvalue weighted by Crippen LogP contribution is 2.45. The lowest BCUT2D eigenvalue weighted by Gasteiger charge is -2.38. The minimum Gasteiger partial charge on any atom is -0.502 e. The predicted molar refractivity (Wildman–Crippen MR) is 110 cm³/mol. The van der Waals surface area contributed by atoms with Gasteiger partial charge in [0.15, 0.2) is 11.5 Å². The largest absolute Gasteiger partial charge is 0.502 e. The number of hydrogen-bond acceptors (Lipinski definition) is 6. The van der Waals surface area contributed by atoms with Crippen molar-refractivity contribution in [1.29, 1.82) is 0 Å². The second-order valence-electron chi connectivity index (χ2n) is 8.24. The number of likely N-dealkylation sites (tertiary alicyclic amines) is 1. The van der Waals surface area contributed by atoms with Gasteiger partial charge in [-0.1, -0.05) is 6.07 Å². The number of piperidine rings is 1. The first-order chi connectivity index (χ1) is 14.4. The van der Waals surface area contributed by atoms with Crippen molar-refractivity contribution in [3.8, 4) is 5.75 Å². The Morgan fingerprint density at radius 2 is 1.93 bits per heavy atom. The third-order valence-electron chi connectivity index (χ3n) is 6.32. The summed E-state index contributed by atoms with van der Waals surface area (Å²) < 4.78 is 0. The Balaban J connectivity index is 1.84. The summed E-state index contributed by atoms with van der Waals surface area (Å²) in [5.74, 6) is -1.87. The normalized spacial score (nSPS) is 24.4. The van der Waals surface area contributed by atoms with Crippen molar-refractivity contribution in [2.45, 2.75) is 51.4 Å². The van der Waals surface area contributed by atoms with Gasteiger partial charge in [0.2, 0.25) is 5.91 Å². The van der Waals surface area contributed by atoms with Gasteiger partial charge in [-0.25, -0.2) is 0 Å². The second kappa shape index (κ2) is 8.01. The molecule has 158 valence electrons. The quantitative estimate of drug-likeness (QED) is 0.604. The maximum atomic E-state index is 13.5. The molecule has 1 aromatic rings. The minimum absolute atomic E-state index is 0.0512. The van der Waals surface area contributed by atoms with Crippen LogP contribution in [-0.4, -0.2) is 45.4 Å². The number of nitro benzene ring substituents is 1. The molecule has 2 heterocycles. The van der Waals surface area contributed by atoms with Crippen LogP contribution in [-0.2, 0) is 9.59 Å². The zero-order chi connectivity index (χ0) is 21.4. The third kappa shape index (κ3) is 3.51. The van der Waals surface area contributed by atoms with Gasteiger partial charge in [0.1, 0.15) is 0 Å². The van der Waals surface area contributed by atoms with E-state index < -0.39 is 28.2 Å². The molecule has 30 heavy (non-hydrogen) atoms. The smallest absolute Gasteiger partial charge is 0.310 e. The molecule has 1 fully saturated rings. The van der Waals surface area contributed by atoms with Crippen molar-refractivity contribution in [2.75, 3.05) is 13.1 Å². The van der Waals surface area contributed by atoms with Crippen LogP contribution in [0, 0.1) is 16.0 Å². The van der Waals surface area contributed by atoms with Gasteiger partial charge >= 0.3 is 5.69 Å². The molecule has 0 saturated carbocycles. The molecule has 0 bridgehead atoms. The van der Waals surface area contributed by atoms with Gasteiger partial charge < -0.3 is 10.0 Å². The SMILES string of the molecule is CC1=NC2=C(C(=O)CCC2)[C@H](c2ccc(O)c([N+](=O)[O-])c2)C1C(=O)N1CCCCC1. The molecule has 2 aliphatic heterocycles. The van der Waals surface area contributed by atoms with E-state index in [0.29, 0.717) is 54.9 Å². The second-order valence-corrected chi connectivity index (χ2v) is 8.24. The van der Waals surface area contributed by atoms with E-state index >= 15 is 0 Å². The molecule has 2 atom stereocenters. The van der Waals surface area contributed by atoms with E-state index in [1.807, 2.05) is 4.90 Å². The number of phenolic OH excluding ortho intramolecular Hbond substituents is 1. The highest BCUT2D eigenvalue weighted by Gasteiger charge is 2.44. The first-order valence-electron chi connectivity index (χ1n) is 10.5. The van der Waals surface area contributed by atoms with Gasteiger partial charge in [-0.3, -0.25) is 24.7 Å². The summed E-state index contributed by atoms with van der Waals surface area (Å²) in [6, 6.07) is 4.14. The van der Waals surface area contributed by atoms with Crippen molar-refractivity contribution >= 4 is 23.1 Å². The summed E-state index contributed by atoms with van der Waals surface area (Å²) in [4.78, 5) is 43.7. The molecular formula is C22H25N3O5. The van der Waals surface area contributed by atoms with Gasteiger partial charge in [0.05, 0.1) is 10.8 Å². The lowest BCUT2D eigenvalue weighted by molar-refractivity contribution is -0.385. The maximum Gasteiger partial charge on any atom is 0.310 e. The number of hydrogen-bond donors (Lipinski definition) is 1. The van der Waals surface area contributed by atoms with Gasteiger partial charge in [0, 0.05) is 48.5 Å². The first kappa shape index (κ1) is 20.3. The van der Waals surface area contributed by atoms with E-state index in [2.05, 4.69) is 4.99 Å². The molecule has 1 N–H and O–H groups in total. The van der Waals surface area contributed by atoms with Crippen molar-refractivity contribution in [2.24, 2.45) is 10.9 Å². The molecule has 0 radical (unpaired) electrons. The average Bonchev–Trinajstić information content (AvgIpc) is 2.73. The molecule has 0 aromatic heterocycles. The Hall–Kier alpha value is -3.03. The monoisotopic (exact) mass is 411 g/mol. The number of allylic oxidation sites excluding steroid dienone is 2. The van der Waals surface area contributed by atoms with E-state index in [1.165, 1.54) is 12.1 Å². The van der Waals surface area contributed by atoms with E-state index in [9.17, 15) is 24.8 Å². The highest BCUT2D eigenvalue weighted by atomic mass is 16.6. The topological polar surface area (TPSA) is 113 Å². The van der Waals surface area contributed by atoms with Crippen LogP contribution in [0.4, 0.5) is 5.69 Å². The number of nitrogens with zero attached hydrogens (tertiary/aromatic N) is 3. The van der Waals surface area contributed by atoms with Crippen molar-refractivity contribution < 1.29 is 19.6 Å². The summed E-state index contributed by atoms with van der Waals surface area (Å²) in [7, 11) is 0. The number of aliphatic imine (C=N–C) groups is 1. The van der Waals surface area contributed by atoms with E-state index in [4.69, 9.17) is 0 Å². The number of ketones is 1. The van der Waals surface area contributed by atoms with Gasteiger partial charge in [0.25, 0.3) is 0 Å². The van der Waals surface area contributed by atoms with Crippen molar-refractivity contribution in [3.05, 3.63) is 45.1 Å². The fourth-order valence-corrected chi connectivity index (χ4v) is 4.88. The lowest BCUT2D eigenvalue weighted by Crippen LogP contribution is -2.46. The highest BCUT2D eigenvalue weighted by molar-refractivity contribution is 6.10. The fraction of sp³-hybridized carbons (Fsp3) is 0.500. The number of carbonyl (C=O) groups excluding carboxylic acids is 2. The Morgan fingerprint density at radius 3 is 2.63 bits per heavy atom. The number of phenols is 1. The van der Waals surface area contributed by atoms with E-state index in [1.54, 1.807) is 13.0 Å². The summed E-state index contributed by atoms with van der Waals surface area (Å²) in [5, 5.41) is 21.3. The van der Waals surface area contributed by atoms with Crippen LogP contribution >= 0.6 is 0 Å². The first-order valence-corrected chi connectivity index (χ1v) is 10.5. The number of Topliss-reactive ketones (excluding diaryl/α,β-unsaturated/α-hetero) is 1. The number of rotatable bonds is 3. The molecule has 1 amide bonds. The van der Waals surface area contributed by atoms with Crippen molar-refractivity contribution in [1.82, 2.24) is 4.90 Å². The van der Waals surface area contributed by atoms with E-state index in [0.717, 1.165) is 19.3 Å². The van der Waals surface area contributed by atoms with Crippen LogP contribution in [0.15, 0.2) is 34.5 Å². The van der Waals surface area contributed by atoms with Crippen LogP contribution in [0.5, 0.6) is 5.75 Å². The lowest BCUT2D eigenvalue weighted by atomic mass is 9.71. The molecule has 1 saturated heterocycles. The molecule has 1 aromatic carbocycles. The van der Waals surface area contributed by atoms with Gasteiger partial charge in [-0.2, -0.15) is 0 Å². The number of benzene rings is 1. The number of nitro groups is 1. The number of aromatic hydroxyl groups is 1. The summed E-state index contributed by atoms with van der Waals surface area (Å²) in [6.45, 7) is 3.15. The molecular weight excluding hydrogens is 386 g/mol. The number of carbonyl (C=O) groups is 2. The van der Waals surface area contributed by atoms with Gasteiger partial charge in [-0.15, -0.1) is 0 Å². The Labute approximate surface area is 174 Å². The minimum atomic E-state index is -0.673. The van der Waals surface area contributed by atoms with Crippen LogP contribution in [0.2, 0.25) is 0 Å². The number of amides is 1. The van der Waals surface area contributed by atoms with Crippen LogP contribution in [0.3, 0.4) is 0 Å². The Morgan fingerprint density at radius 1 is 1.20 bits per heavy atom. The zero-order valence-corrected chi connectivity index (χ0v) is 17.0. The molecule has 0 spiro atoms. The van der Waals surface area contributed by atoms with Crippen molar-refractivity contribution in [3.63, 3.8) is 0 Å².